The Labute approximate surface area is 186 Å². The molecule has 1 aromatic carbocycles. The number of halogens is 2. The third kappa shape index (κ3) is 3.84. The van der Waals surface area contributed by atoms with Gasteiger partial charge in [-0.3, -0.25) is 28.9 Å². The van der Waals surface area contributed by atoms with E-state index in [2.05, 4.69) is 10.3 Å². The molecule has 1 saturated carbocycles. The summed E-state index contributed by atoms with van der Waals surface area (Å²) >= 11 is 11.8. The molecule has 0 saturated heterocycles. The number of hydrogen-bond donors (Lipinski definition) is 1. The lowest BCUT2D eigenvalue weighted by molar-refractivity contribution is -0.132. The fourth-order valence-corrected chi connectivity index (χ4v) is 4.14. The molecule has 2 heterocycles. The third-order valence-corrected chi connectivity index (χ3v) is 5.78. The summed E-state index contributed by atoms with van der Waals surface area (Å²) in [6.45, 7) is -0.0607. The number of nitrogens with one attached hydrogen (secondary N) is 1. The number of ketones is 2. The number of hydrogen-bond acceptors (Lipinski definition) is 6. The van der Waals surface area contributed by atoms with Crippen LogP contribution >= 0.6 is 23.2 Å². The van der Waals surface area contributed by atoms with Crippen LogP contribution in [-0.2, 0) is 16.1 Å². The van der Waals surface area contributed by atoms with Gasteiger partial charge in [0.2, 0.25) is 0 Å². The Kier molecular flexibility index (Phi) is 5.60. The summed E-state index contributed by atoms with van der Waals surface area (Å²) in [6.07, 6.45) is 1.29. The molecule has 1 aliphatic carbocycles. The molecular weight excluding hydrogens is 445 g/mol. The zero-order valence-electron chi connectivity index (χ0n) is 16.0. The molecule has 1 aliphatic heterocycles. The van der Waals surface area contributed by atoms with Gasteiger partial charge < -0.3 is 5.32 Å². The molecule has 2 aromatic rings. The highest BCUT2D eigenvalue weighted by Gasteiger charge is 2.45. The van der Waals surface area contributed by atoms with Crippen molar-refractivity contribution in [2.24, 2.45) is 0 Å². The van der Waals surface area contributed by atoms with Crippen LogP contribution in [0.25, 0.3) is 0 Å². The molecule has 1 unspecified atom stereocenters. The maximum atomic E-state index is 13.1. The molecule has 1 atom stereocenters. The minimum atomic E-state index is -0.955. The largest absolute Gasteiger partial charge is 0.348 e. The van der Waals surface area contributed by atoms with Crippen LogP contribution in [0.2, 0.25) is 10.2 Å². The number of imide groups is 1. The highest BCUT2D eigenvalue weighted by atomic mass is 35.5. The number of carbonyl (C=O) groups excluding carboxylic acids is 5. The summed E-state index contributed by atoms with van der Waals surface area (Å²) in [4.78, 5) is 67.0. The van der Waals surface area contributed by atoms with E-state index in [-0.39, 0.29) is 58.5 Å². The average Bonchev–Trinajstić information content (AvgIpc) is 2.99. The summed E-state index contributed by atoms with van der Waals surface area (Å²) in [5.74, 6) is -2.38. The van der Waals surface area contributed by atoms with Crippen LogP contribution in [0.15, 0.2) is 30.5 Å². The quantitative estimate of drug-likeness (QED) is 0.426. The fraction of sp³-hybridized carbons (Fsp3) is 0.238. The molecule has 1 aromatic heterocycles. The van der Waals surface area contributed by atoms with Gasteiger partial charge >= 0.3 is 0 Å². The van der Waals surface area contributed by atoms with E-state index >= 15 is 0 Å². The molecule has 4 rings (SSSR count). The van der Waals surface area contributed by atoms with E-state index in [0.717, 1.165) is 4.90 Å². The minimum Gasteiger partial charge on any atom is -0.348 e. The van der Waals surface area contributed by atoms with Gasteiger partial charge in [0.25, 0.3) is 17.7 Å². The molecule has 0 radical (unpaired) electrons. The molecule has 0 spiro atoms. The monoisotopic (exact) mass is 459 g/mol. The van der Waals surface area contributed by atoms with Crippen molar-refractivity contribution in [3.63, 3.8) is 0 Å². The van der Waals surface area contributed by atoms with Crippen molar-refractivity contribution in [3.05, 3.63) is 62.9 Å². The van der Waals surface area contributed by atoms with Gasteiger partial charge in [0, 0.05) is 19.2 Å². The molecule has 3 amide bonds. The second kappa shape index (κ2) is 8.20. The molecule has 2 aliphatic rings. The SMILES string of the molecule is O=C1CCC(N2C(=O)c3cccc(CNC(=O)c4cc(Cl)cnc4Cl)c3C2=O)C(=O)C1. The van der Waals surface area contributed by atoms with E-state index < -0.39 is 29.5 Å². The smallest absolute Gasteiger partial charge is 0.262 e. The Morgan fingerprint density at radius 1 is 1.16 bits per heavy atom. The van der Waals surface area contributed by atoms with Gasteiger partial charge in [0.05, 0.1) is 34.2 Å². The topological polar surface area (TPSA) is 114 Å². The van der Waals surface area contributed by atoms with Crippen LogP contribution in [0.5, 0.6) is 0 Å². The minimum absolute atomic E-state index is 0.0250. The van der Waals surface area contributed by atoms with Crippen LogP contribution in [0.4, 0.5) is 0 Å². The molecule has 8 nitrogen and oxygen atoms in total. The van der Waals surface area contributed by atoms with Crippen molar-refractivity contribution < 1.29 is 24.0 Å². The molecule has 1 fully saturated rings. The standard InChI is InChI=1S/C21H15Cl2N3O5/c22-11-6-14(18(23)24-9-11)19(29)25-8-10-2-1-3-13-17(10)21(31)26(20(13)30)15-5-4-12(27)7-16(15)28/h1-3,6,9,15H,4-5,7-8H2,(H,25,29). The van der Waals surface area contributed by atoms with Gasteiger partial charge in [-0.05, 0) is 24.1 Å². The second-order valence-electron chi connectivity index (χ2n) is 7.23. The van der Waals surface area contributed by atoms with E-state index in [1.807, 2.05) is 0 Å². The Bertz CT molecular complexity index is 1160. The number of fused-ring (bicyclic) bond motifs is 1. The highest BCUT2D eigenvalue weighted by molar-refractivity contribution is 6.34. The van der Waals surface area contributed by atoms with Crippen molar-refractivity contribution in [1.82, 2.24) is 15.2 Å². The van der Waals surface area contributed by atoms with Gasteiger partial charge in [0.15, 0.2) is 5.78 Å². The predicted octanol–water partition coefficient (Wildman–Crippen LogP) is 2.61. The Balaban J connectivity index is 1.57. The van der Waals surface area contributed by atoms with E-state index in [1.165, 1.54) is 18.3 Å². The van der Waals surface area contributed by atoms with Gasteiger partial charge in [0.1, 0.15) is 10.9 Å². The van der Waals surface area contributed by atoms with Gasteiger partial charge in [-0.2, -0.15) is 0 Å². The van der Waals surface area contributed by atoms with E-state index in [9.17, 15) is 24.0 Å². The van der Waals surface area contributed by atoms with Gasteiger partial charge in [-0.15, -0.1) is 0 Å². The van der Waals surface area contributed by atoms with Crippen molar-refractivity contribution in [2.75, 3.05) is 0 Å². The maximum absolute atomic E-state index is 13.1. The van der Waals surface area contributed by atoms with Crippen molar-refractivity contribution in [2.45, 2.75) is 31.8 Å². The third-order valence-electron chi connectivity index (χ3n) is 5.27. The number of amides is 3. The molecule has 158 valence electrons. The van der Waals surface area contributed by atoms with Crippen LogP contribution in [0.3, 0.4) is 0 Å². The number of pyridine rings is 1. The first-order valence-corrected chi connectivity index (χ1v) is 10.2. The number of benzene rings is 1. The van der Waals surface area contributed by atoms with Crippen LogP contribution in [-0.4, -0.2) is 45.2 Å². The van der Waals surface area contributed by atoms with Crippen LogP contribution in [0.1, 0.15) is 55.9 Å². The summed E-state index contributed by atoms with van der Waals surface area (Å²) in [7, 11) is 0. The number of nitrogens with zero attached hydrogens (tertiary/aromatic N) is 2. The summed E-state index contributed by atoms with van der Waals surface area (Å²) in [5.41, 5.74) is 0.775. The predicted molar refractivity (Wildman–Crippen MR) is 110 cm³/mol. The first-order valence-electron chi connectivity index (χ1n) is 9.41. The van der Waals surface area contributed by atoms with Crippen molar-refractivity contribution in [1.29, 1.82) is 0 Å². The zero-order valence-corrected chi connectivity index (χ0v) is 17.5. The number of aromatic nitrogens is 1. The van der Waals surface area contributed by atoms with Gasteiger partial charge in [-0.25, -0.2) is 4.98 Å². The lowest BCUT2D eigenvalue weighted by atomic mass is 9.92. The summed E-state index contributed by atoms with van der Waals surface area (Å²) in [5, 5.41) is 2.85. The zero-order chi connectivity index (χ0) is 22.3. The number of Topliss-reactive ketones (excluding diaryl/α,β-unsaturated/α-hetero) is 2. The van der Waals surface area contributed by atoms with Crippen LogP contribution in [0, 0.1) is 0 Å². The molecule has 10 heteroatoms. The molecule has 1 N–H and O–H groups in total. The first kappa shape index (κ1) is 21.1. The molecule has 0 bridgehead atoms. The van der Waals surface area contributed by atoms with Gasteiger partial charge in [-0.1, -0.05) is 35.3 Å². The Morgan fingerprint density at radius 3 is 2.68 bits per heavy atom. The Morgan fingerprint density at radius 2 is 1.94 bits per heavy atom. The maximum Gasteiger partial charge on any atom is 0.262 e. The molecule has 31 heavy (non-hydrogen) atoms. The first-order chi connectivity index (χ1) is 14.8. The normalized spacial score (nSPS) is 18.4. The van der Waals surface area contributed by atoms with Crippen molar-refractivity contribution in [3.8, 4) is 0 Å². The lowest BCUT2D eigenvalue weighted by Gasteiger charge is -2.27. The van der Waals surface area contributed by atoms with Crippen molar-refractivity contribution >= 4 is 52.5 Å². The van der Waals surface area contributed by atoms with E-state index in [1.54, 1.807) is 12.1 Å². The number of rotatable bonds is 4. The number of carbonyl (C=O) groups is 5. The fourth-order valence-electron chi connectivity index (χ4n) is 3.79. The second-order valence-corrected chi connectivity index (χ2v) is 8.03. The van der Waals surface area contributed by atoms with E-state index in [4.69, 9.17) is 23.2 Å². The Hall–Kier alpha value is -3.10. The van der Waals surface area contributed by atoms with E-state index in [0.29, 0.717) is 5.56 Å². The lowest BCUT2D eigenvalue weighted by Crippen LogP contribution is -2.47. The molecular formula is C21H15Cl2N3O5. The van der Waals surface area contributed by atoms with Crippen LogP contribution < -0.4 is 5.32 Å². The highest BCUT2D eigenvalue weighted by Crippen LogP contribution is 2.31. The summed E-state index contributed by atoms with van der Waals surface area (Å²) < 4.78 is 0. The average molecular weight is 460 g/mol. The summed E-state index contributed by atoms with van der Waals surface area (Å²) in [6, 6.07) is 5.11.